The van der Waals surface area contributed by atoms with E-state index < -0.39 is 10.0 Å². The van der Waals surface area contributed by atoms with Crippen molar-refractivity contribution >= 4 is 21.8 Å². The quantitative estimate of drug-likeness (QED) is 0.778. The highest BCUT2D eigenvalue weighted by molar-refractivity contribution is 7.90. The van der Waals surface area contributed by atoms with Crippen LogP contribution in [0.3, 0.4) is 0 Å². The molecular formula is C23H23N3O3S. The van der Waals surface area contributed by atoms with Gasteiger partial charge in [-0.25, -0.2) is 8.42 Å². The summed E-state index contributed by atoms with van der Waals surface area (Å²) in [6.07, 6.45) is 5.61. The van der Waals surface area contributed by atoms with Crippen LogP contribution < -0.4 is 5.32 Å². The van der Waals surface area contributed by atoms with Gasteiger partial charge in [-0.1, -0.05) is 60.7 Å². The molecule has 6 nitrogen and oxygen atoms in total. The second-order valence-corrected chi connectivity index (χ2v) is 9.02. The maximum Gasteiger partial charge on any atom is 0.256 e. The van der Waals surface area contributed by atoms with Gasteiger partial charge in [0.05, 0.1) is 11.3 Å². The van der Waals surface area contributed by atoms with E-state index in [2.05, 4.69) is 34.0 Å². The van der Waals surface area contributed by atoms with Crippen LogP contribution in [0.5, 0.6) is 0 Å². The molecule has 0 unspecified atom stereocenters. The highest BCUT2D eigenvalue weighted by atomic mass is 32.2. The van der Waals surface area contributed by atoms with Crippen molar-refractivity contribution in [2.24, 2.45) is 4.40 Å². The minimum absolute atomic E-state index is 0.0500. The highest BCUT2D eigenvalue weighted by Crippen LogP contribution is 2.27. The smallest absolute Gasteiger partial charge is 0.256 e. The Morgan fingerprint density at radius 3 is 2.27 bits per heavy atom. The van der Waals surface area contributed by atoms with Gasteiger partial charge in [0.15, 0.2) is 0 Å². The monoisotopic (exact) mass is 421 g/mol. The third-order valence-electron chi connectivity index (χ3n) is 5.21. The van der Waals surface area contributed by atoms with Crippen molar-refractivity contribution in [3.8, 4) is 0 Å². The van der Waals surface area contributed by atoms with Crippen molar-refractivity contribution in [3.05, 3.63) is 95.7 Å². The Balaban J connectivity index is 1.41. The fraction of sp³-hybridized carbons (Fsp3) is 0.217. The molecule has 0 saturated carbocycles. The highest BCUT2D eigenvalue weighted by Gasteiger charge is 2.25. The van der Waals surface area contributed by atoms with Gasteiger partial charge in [-0.05, 0) is 29.7 Å². The van der Waals surface area contributed by atoms with Crippen molar-refractivity contribution in [2.45, 2.75) is 12.3 Å². The van der Waals surface area contributed by atoms with Crippen LogP contribution in [0.4, 0.5) is 0 Å². The summed E-state index contributed by atoms with van der Waals surface area (Å²) < 4.78 is 27.0. The largest absolute Gasteiger partial charge is 0.352 e. The number of nitrogens with one attached hydrogen (secondary N) is 1. The lowest BCUT2D eigenvalue weighted by Crippen LogP contribution is -2.38. The van der Waals surface area contributed by atoms with Gasteiger partial charge in [0.1, 0.15) is 5.84 Å². The third kappa shape index (κ3) is 4.68. The zero-order chi connectivity index (χ0) is 21.0. The summed E-state index contributed by atoms with van der Waals surface area (Å²) in [7, 11) is -3.40. The molecule has 4 rings (SSSR count). The van der Waals surface area contributed by atoms with E-state index in [0.29, 0.717) is 24.5 Å². The number of hydrogen-bond acceptors (Lipinski definition) is 4. The standard InChI is InChI=1S/C23H23N3O3S/c27-23(20-11-12-22-25-30(28,29)16-15-26(22)17-20)24-14-13-21(18-7-3-1-4-8-18)19-9-5-2-6-10-19/h1-12,17,21H,13-16H2,(H,24,27). The molecule has 1 amide bonds. The number of fused-ring (bicyclic) bond motifs is 1. The van der Waals surface area contributed by atoms with Crippen LogP contribution in [-0.2, 0) is 14.8 Å². The topological polar surface area (TPSA) is 78.8 Å². The summed E-state index contributed by atoms with van der Waals surface area (Å²) in [6, 6.07) is 20.5. The predicted molar refractivity (Wildman–Crippen MR) is 118 cm³/mol. The normalized spacial score (nSPS) is 17.2. The number of carbonyl (C=O) groups is 1. The molecule has 1 N–H and O–H groups in total. The number of rotatable bonds is 6. The Kier molecular flexibility index (Phi) is 5.81. The molecule has 0 fully saturated rings. The maximum atomic E-state index is 12.6. The van der Waals surface area contributed by atoms with Gasteiger partial charge in [-0.2, -0.15) is 0 Å². The number of nitrogens with zero attached hydrogens (tertiary/aromatic N) is 2. The molecular weight excluding hydrogens is 398 g/mol. The first kappa shape index (κ1) is 20.1. The third-order valence-corrected chi connectivity index (χ3v) is 6.37. The molecule has 0 aromatic heterocycles. The second kappa shape index (κ2) is 8.67. The van der Waals surface area contributed by atoms with E-state index in [0.717, 1.165) is 6.42 Å². The predicted octanol–water partition coefficient (Wildman–Crippen LogP) is 2.82. The second-order valence-electron chi connectivity index (χ2n) is 7.27. The number of carbonyl (C=O) groups excluding carboxylic acids is 1. The lowest BCUT2D eigenvalue weighted by atomic mass is 9.88. The van der Waals surface area contributed by atoms with Crippen LogP contribution >= 0.6 is 0 Å². The summed E-state index contributed by atoms with van der Waals surface area (Å²) in [5, 5.41) is 2.99. The van der Waals surface area contributed by atoms with E-state index in [1.807, 2.05) is 36.4 Å². The van der Waals surface area contributed by atoms with E-state index in [9.17, 15) is 13.2 Å². The first-order valence-electron chi connectivity index (χ1n) is 9.89. The fourth-order valence-corrected chi connectivity index (χ4v) is 4.63. The van der Waals surface area contributed by atoms with Gasteiger partial charge in [0, 0.05) is 25.2 Å². The fourth-order valence-electron chi connectivity index (χ4n) is 3.66. The number of sulfonamides is 1. The van der Waals surface area contributed by atoms with E-state index in [1.54, 1.807) is 23.3 Å². The molecule has 2 aliphatic heterocycles. The van der Waals surface area contributed by atoms with Gasteiger partial charge in [-0.15, -0.1) is 4.40 Å². The Labute approximate surface area is 176 Å². The van der Waals surface area contributed by atoms with E-state index in [-0.39, 0.29) is 17.6 Å². The number of benzene rings is 2. The molecule has 30 heavy (non-hydrogen) atoms. The molecule has 2 aromatic rings. The average Bonchev–Trinajstić information content (AvgIpc) is 2.77. The minimum atomic E-state index is -3.40. The first-order valence-corrected chi connectivity index (χ1v) is 11.5. The Morgan fingerprint density at radius 2 is 1.63 bits per heavy atom. The average molecular weight is 422 g/mol. The van der Waals surface area contributed by atoms with Crippen molar-refractivity contribution in [1.29, 1.82) is 0 Å². The van der Waals surface area contributed by atoms with Crippen LogP contribution in [0.1, 0.15) is 23.5 Å². The summed E-state index contributed by atoms with van der Waals surface area (Å²) >= 11 is 0. The number of amidine groups is 1. The Hall–Kier alpha value is -3.19. The van der Waals surface area contributed by atoms with Gasteiger partial charge < -0.3 is 10.2 Å². The summed E-state index contributed by atoms with van der Waals surface area (Å²) in [4.78, 5) is 14.3. The SMILES string of the molecule is O=C(NCCC(c1ccccc1)c1ccccc1)C1=CN2CCS(=O)(=O)N=C2C=C1. The van der Waals surface area contributed by atoms with Crippen LogP contribution in [0.2, 0.25) is 0 Å². The Morgan fingerprint density at radius 1 is 1.00 bits per heavy atom. The van der Waals surface area contributed by atoms with Crippen LogP contribution in [0.15, 0.2) is 89.0 Å². The summed E-state index contributed by atoms with van der Waals surface area (Å²) in [5.41, 5.74) is 2.92. The summed E-state index contributed by atoms with van der Waals surface area (Å²) in [5.74, 6) is 0.310. The van der Waals surface area contributed by atoms with E-state index in [1.165, 1.54) is 11.1 Å². The molecule has 2 heterocycles. The lowest BCUT2D eigenvalue weighted by Gasteiger charge is -2.27. The van der Waals surface area contributed by atoms with E-state index in [4.69, 9.17) is 0 Å². The zero-order valence-electron chi connectivity index (χ0n) is 16.4. The van der Waals surface area contributed by atoms with Crippen molar-refractivity contribution in [2.75, 3.05) is 18.8 Å². The van der Waals surface area contributed by atoms with E-state index >= 15 is 0 Å². The molecule has 0 radical (unpaired) electrons. The first-order chi connectivity index (χ1) is 14.5. The van der Waals surface area contributed by atoms with Crippen molar-refractivity contribution in [1.82, 2.24) is 10.2 Å². The molecule has 2 aliphatic rings. The van der Waals surface area contributed by atoms with Crippen LogP contribution in [0, 0.1) is 0 Å². The van der Waals surface area contributed by atoms with Gasteiger partial charge >= 0.3 is 0 Å². The van der Waals surface area contributed by atoms with Crippen molar-refractivity contribution in [3.63, 3.8) is 0 Å². The van der Waals surface area contributed by atoms with Gasteiger partial charge in [0.2, 0.25) is 0 Å². The Bertz CT molecular complexity index is 1070. The molecule has 2 aromatic carbocycles. The molecule has 7 heteroatoms. The zero-order valence-corrected chi connectivity index (χ0v) is 17.3. The molecule has 0 saturated heterocycles. The number of hydrogen-bond donors (Lipinski definition) is 1. The van der Waals surface area contributed by atoms with Crippen LogP contribution in [0.25, 0.3) is 0 Å². The van der Waals surface area contributed by atoms with Gasteiger partial charge in [0.25, 0.3) is 15.9 Å². The van der Waals surface area contributed by atoms with Gasteiger partial charge in [-0.3, -0.25) is 4.79 Å². The summed E-state index contributed by atoms with van der Waals surface area (Å²) in [6.45, 7) is 0.820. The number of amides is 1. The van der Waals surface area contributed by atoms with Crippen molar-refractivity contribution < 1.29 is 13.2 Å². The lowest BCUT2D eigenvalue weighted by molar-refractivity contribution is -0.117. The maximum absolute atomic E-state index is 12.6. The molecule has 0 atom stereocenters. The molecule has 154 valence electrons. The molecule has 0 spiro atoms. The van der Waals surface area contributed by atoms with Crippen LogP contribution in [-0.4, -0.2) is 43.9 Å². The molecule has 0 bridgehead atoms. The minimum Gasteiger partial charge on any atom is -0.352 e. The molecule has 0 aliphatic carbocycles.